The Morgan fingerprint density at radius 1 is 1.50 bits per heavy atom. The number of nitrogens with one attached hydrogen (secondary N) is 1. The minimum absolute atomic E-state index is 0.426. The van der Waals surface area contributed by atoms with E-state index in [0.717, 1.165) is 13.1 Å². The Morgan fingerprint density at radius 2 is 2.33 bits per heavy atom. The van der Waals surface area contributed by atoms with Gasteiger partial charge in [0.05, 0.1) is 0 Å². The summed E-state index contributed by atoms with van der Waals surface area (Å²) in [5.41, 5.74) is 0. The van der Waals surface area contributed by atoms with Crippen LogP contribution in [0.5, 0.6) is 0 Å². The van der Waals surface area contributed by atoms with Crippen LogP contribution in [0.4, 0.5) is 4.79 Å². The van der Waals surface area contributed by atoms with Gasteiger partial charge in [-0.15, -0.1) is 0 Å². The zero-order valence-electron chi connectivity index (χ0n) is 6.99. The fraction of sp³-hybridized carbons (Fsp3) is 0.875. The van der Waals surface area contributed by atoms with Gasteiger partial charge in [-0.1, -0.05) is 0 Å². The Labute approximate surface area is 71.5 Å². The van der Waals surface area contributed by atoms with Crippen LogP contribution in [0.1, 0.15) is 12.8 Å². The first-order chi connectivity index (χ1) is 5.77. The predicted molar refractivity (Wildman–Crippen MR) is 44.1 cm³/mol. The minimum Gasteiger partial charge on any atom is -0.465 e. The van der Waals surface area contributed by atoms with Gasteiger partial charge in [-0.05, 0) is 25.3 Å². The second-order valence-corrected chi connectivity index (χ2v) is 3.65. The number of rotatable bonds is 0. The number of amides is 1. The highest BCUT2D eigenvalue weighted by Crippen LogP contribution is 2.24. The molecule has 2 saturated heterocycles. The van der Waals surface area contributed by atoms with Crippen molar-refractivity contribution in [3.63, 3.8) is 0 Å². The zero-order chi connectivity index (χ0) is 8.55. The maximum Gasteiger partial charge on any atom is 0.407 e. The molecule has 2 N–H and O–H groups in total. The minimum atomic E-state index is -0.772. The second-order valence-electron chi connectivity index (χ2n) is 3.65. The quantitative estimate of drug-likeness (QED) is 0.551. The van der Waals surface area contributed by atoms with E-state index in [1.54, 1.807) is 0 Å². The molecular weight excluding hydrogens is 156 g/mol. The Hall–Kier alpha value is -0.770. The zero-order valence-corrected chi connectivity index (χ0v) is 6.99. The number of nitrogens with zero attached hydrogens (tertiary/aromatic N) is 1. The SMILES string of the molecule is O=C(O)N1CC2CCCNC2C1. The number of likely N-dealkylation sites (tertiary alicyclic amines) is 1. The highest BCUT2D eigenvalue weighted by molar-refractivity contribution is 5.65. The van der Waals surface area contributed by atoms with Crippen molar-refractivity contribution in [2.24, 2.45) is 5.92 Å². The highest BCUT2D eigenvalue weighted by atomic mass is 16.4. The molecule has 0 aromatic rings. The van der Waals surface area contributed by atoms with Crippen LogP contribution in [-0.4, -0.2) is 41.8 Å². The maximum absolute atomic E-state index is 10.6. The first-order valence-electron chi connectivity index (χ1n) is 4.48. The molecule has 4 nitrogen and oxygen atoms in total. The molecule has 2 heterocycles. The summed E-state index contributed by atoms with van der Waals surface area (Å²) in [6.45, 7) is 2.46. The van der Waals surface area contributed by atoms with Crippen LogP contribution in [0.15, 0.2) is 0 Å². The summed E-state index contributed by atoms with van der Waals surface area (Å²) in [4.78, 5) is 12.2. The molecule has 12 heavy (non-hydrogen) atoms. The average molecular weight is 170 g/mol. The van der Waals surface area contributed by atoms with E-state index in [9.17, 15) is 4.79 Å². The lowest BCUT2D eigenvalue weighted by molar-refractivity contribution is 0.153. The predicted octanol–water partition coefficient (Wildman–Crippen LogP) is 0.348. The number of fused-ring (bicyclic) bond motifs is 1. The molecule has 2 atom stereocenters. The Kier molecular flexibility index (Phi) is 1.92. The van der Waals surface area contributed by atoms with Gasteiger partial charge < -0.3 is 15.3 Å². The number of hydrogen-bond acceptors (Lipinski definition) is 2. The number of carbonyl (C=O) groups is 1. The van der Waals surface area contributed by atoms with E-state index < -0.39 is 6.09 Å². The average Bonchev–Trinajstić information content (AvgIpc) is 2.46. The van der Waals surface area contributed by atoms with E-state index in [1.165, 1.54) is 17.7 Å². The van der Waals surface area contributed by atoms with E-state index in [1.807, 2.05) is 0 Å². The molecule has 2 aliphatic rings. The molecule has 68 valence electrons. The lowest BCUT2D eigenvalue weighted by Gasteiger charge is -2.24. The van der Waals surface area contributed by atoms with Gasteiger partial charge in [0.1, 0.15) is 0 Å². The topological polar surface area (TPSA) is 52.6 Å². The number of carboxylic acid groups (broad SMARTS) is 1. The monoisotopic (exact) mass is 170 g/mol. The largest absolute Gasteiger partial charge is 0.465 e. The van der Waals surface area contributed by atoms with Crippen molar-refractivity contribution < 1.29 is 9.90 Å². The molecule has 0 saturated carbocycles. The van der Waals surface area contributed by atoms with Crippen LogP contribution in [0.3, 0.4) is 0 Å². The van der Waals surface area contributed by atoms with Crippen molar-refractivity contribution in [2.45, 2.75) is 18.9 Å². The molecule has 2 aliphatic heterocycles. The van der Waals surface area contributed by atoms with E-state index >= 15 is 0 Å². The van der Waals surface area contributed by atoms with Crippen LogP contribution in [0, 0.1) is 5.92 Å². The Bertz CT molecular complexity index is 181. The molecular formula is C8H14N2O2. The fourth-order valence-corrected chi connectivity index (χ4v) is 2.20. The molecule has 2 rings (SSSR count). The van der Waals surface area contributed by atoms with Crippen molar-refractivity contribution in [1.82, 2.24) is 10.2 Å². The molecule has 0 aromatic heterocycles. The third-order valence-corrected chi connectivity index (χ3v) is 2.87. The van der Waals surface area contributed by atoms with E-state index in [4.69, 9.17) is 5.11 Å². The van der Waals surface area contributed by atoms with Crippen molar-refractivity contribution in [2.75, 3.05) is 19.6 Å². The fourth-order valence-electron chi connectivity index (χ4n) is 2.20. The Balaban J connectivity index is 1.98. The molecule has 1 amide bonds. The lowest BCUT2D eigenvalue weighted by atomic mass is 9.94. The van der Waals surface area contributed by atoms with Crippen LogP contribution >= 0.6 is 0 Å². The first-order valence-corrected chi connectivity index (χ1v) is 4.48. The molecule has 0 aliphatic carbocycles. The van der Waals surface area contributed by atoms with E-state index in [2.05, 4.69) is 5.32 Å². The normalized spacial score (nSPS) is 34.8. The summed E-state index contributed by atoms with van der Waals surface area (Å²) >= 11 is 0. The summed E-state index contributed by atoms with van der Waals surface area (Å²) in [5, 5.41) is 12.1. The van der Waals surface area contributed by atoms with Gasteiger partial charge in [-0.3, -0.25) is 0 Å². The van der Waals surface area contributed by atoms with Crippen LogP contribution < -0.4 is 5.32 Å². The molecule has 4 heteroatoms. The van der Waals surface area contributed by atoms with Gasteiger partial charge >= 0.3 is 6.09 Å². The molecule has 2 fully saturated rings. The summed E-state index contributed by atoms with van der Waals surface area (Å²) in [6.07, 6.45) is 1.60. The van der Waals surface area contributed by atoms with Gasteiger partial charge in [-0.2, -0.15) is 0 Å². The van der Waals surface area contributed by atoms with Crippen LogP contribution in [-0.2, 0) is 0 Å². The second kappa shape index (κ2) is 2.94. The molecule has 0 radical (unpaired) electrons. The van der Waals surface area contributed by atoms with Gasteiger partial charge in [-0.25, -0.2) is 4.79 Å². The smallest absolute Gasteiger partial charge is 0.407 e. The van der Waals surface area contributed by atoms with E-state index in [-0.39, 0.29) is 0 Å². The van der Waals surface area contributed by atoms with Crippen molar-refractivity contribution in [3.8, 4) is 0 Å². The molecule has 0 aromatic carbocycles. The standard InChI is InChI=1S/C8H14N2O2/c11-8(12)10-4-6-2-1-3-9-7(6)5-10/h6-7,9H,1-5H2,(H,11,12). The van der Waals surface area contributed by atoms with Gasteiger partial charge in [0.15, 0.2) is 0 Å². The van der Waals surface area contributed by atoms with Crippen molar-refractivity contribution in [3.05, 3.63) is 0 Å². The van der Waals surface area contributed by atoms with Gasteiger partial charge in [0, 0.05) is 19.1 Å². The number of hydrogen-bond donors (Lipinski definition) is 2. The summed E-state index contributed by atoms with van der Waals surface area (Å²) in [7, 11) is 0. The molecule has 0 bridgehead atoms. The van der Waals surface area contributed by atoms with E-state index in [0.29, 0.717) is 18.5 Å². The Morgan fingerprint density at radius 3 is 3.00 bits per heavy atom. The molecule has 0 spiro atoms. The highest BCUT2D eigenvalue weighted by Gasteiger charge is 2.36. The van der Waals surface area contributed by atoms with Crippen LogP contribution in [0.2, 0.25) is 0 Å². The van der Waals surface area contributed by atoms with Crippen molar-refractivity contribution >= 4 is 6.09 Å². The maximum atomic E-state index is 10.6. The third kappa shape index (κ3) is 1.27. The third-order valence-electron chi connectivity index (χ3n) is 2.87. The van der Waals surface area contributed by atoms with Crippen LogP contribution in [0.25, 0.3) is 0 Å². The first kappa shape index (κ1) is 7.86. The summed E-state index contributed by atoms with van der Waals surface area (Å²) in [5.74, 6) is 0.565. The van der Waals surface area contributed by atoms with Gasteiger partial charge in [0.2, 0.25) is 0 Å². The number of piperidine rings is 1. The summed E-state index contributed by atoms with van der Waals surface area (Å²) in [6, 6.07) is 0.426. The lowest BCUT2D eigenvalue weighted by Crippen LogP contribution is -2.40. The van der Waals surface area contributed by atoms with Crippen molar-refractivity contribution in [1.29, 1.82) is 0 Å². The summed E-state index contributed by atoms with van der Waals surface area (Å²) < 4.78 is 0. The molecule has 2 unspecified atom stereocenters. The van der Waals surface area contributed by atoms with Gasteiger partial charge in [0.25, 0.3) is 0 Å².